The molecule has 3 rings (SSSR count). The molecule has 1 heterocycles. The lowest BCUT2D eigenvalue weighted by Crippen LogP contribution is -2.27. The van der Waals surface area contributed by atoms with E-state index in [4.69, 9.17) is 0 Å². The number of aromatic nitrogens is 1. The predicted molar refractivity (Wildman–Crippen MR) is 101 cm³/mol. The summed E-state index contributed by atoms with van der Waals surface area (Å²) in [7, 11) is 1.75. The smallest absolute Gasteiger partial charge is 0.272 e. The molecule has 0 spiro atoms. The summed E-state index contributed by atoms with van der Waals surface area (Å²) < 4.78 is 0. The Hall–Kier alpha value is -3.65. The Balaban J connectivity index is 1.76. The maximum absolute atomic E-state index is 12.7. The number of para-hydroxylation sites is 1. The average Bonchev–Trinajstić information content (AvgIpc) is 2.69. The van der Waals surface area contributed by atoms with Crippen molar-refractivity contribution in [3.05, 3.63) is 89.7 Å². The zero-order valence-electron chi connectivity index (χ0n) is 14.4. The normalized spacial score (nSPS) is 10.0. The van der Waals surface area contributed by atoms with E-state index >= 15 is 0 Å². The van der Waals surface area contributed by atoms with Crippen LogP contribution >= 0.6 is 0 Å². The fourth-order valence-electron chi connectivity index (χ4n) is 2.60. The quantitative estimate of drug-likeness (QED) is 0.762. The number of pyridine rings is 1. The van der Waals surface area contributed by atoms with Crippen LogP contribution in [0, 0.1) is 11.3 Å². The minimum absolute atomic E-state index is 0.161. The topological polar surface area (TPSA) is 69.0 Å². The standard InChI is InChI=1S/C21H18N4O/c1-25(15-16-7-3-2-4-8-16)21(26)20-13-18(11-12-23-20)24-19-10-6-5-9-17(19)14-22/h2-13H,15H2,1H3,(H,23,24). The first kappa shape index (κ1) is 17.2. The molecule has 0 unspecified atom stereocenters. The molecule has 0 aliphatic heterocycles. The molecular weight excluding hydrogens is 324 g/mol. The molecule has 1 aromatic heterocycles. The first-order valence-electron chi connectivity index (χ1n) is 8.19. The van der Waals surface area contributed by atoms with Crippen molar-refractivity contribution in [1.82, 2.24) is 9.88 Å². The van der Waals surface area contributed by atoms with Gasteiger partial charge >= 0.3 is 0 Å². The van der Waals surface area contributed by atoms with Gasteiger partial charge in [0.25, 0.3) is 5.91 Å². The van der Waals surface area contributed by atoms with Crippen molar-refractivity contribution in [2.75, 3.05) is 12.4 Å². The highest BCUT2D eigenvalue weighted by molar-refractivity contribution is 5.93. The highest BCUT2D eigenvalue weighted by atomic mass is 16.2. The molecule has 0 aliphatic carbocycles. The van der Waals surface area contributed by atoms with Crippen molar-refractivity contribution in [3.63, 3.8) is 0 Å². The maximum Gasteiger partial charge on any atom is 0.272 e. The average molecular weight is 342 g/mol. The number of nitrogens with zero attached hydrogens (tertiary/aromatic N) is 3. The summed E-state index contributed by atoms with van der Waals surface area (Å²) in [6.45, 7) is 0.510. The van der Waals surface area contributed by atoms with Crippen LogP contribution < -0.4 is 5.32 Å². The van der Waals surface area contributed by atoms with Gasteiger partial charge in [-0.2, -0.15) is 5.26 Å². The van der Waals surface area contributed by atoms with Gasteiger partial charge in [0.1, 0.15) is 11.8 Å². The number of carbonyl (C=O) groups is 1. The van der Waals surface area contributed by atoms with Crippen LogP contribution in [0.2, 0.25) is 0 Å². The SMILES string of the molecule is CN(Cc1ccccc1)C(=O)c1cc(Nc2ccccc2C#N)ccn1. The van der Waals surface area contributed by atoms with Gasteiger partial charge in [-0.05, 0) is 29.8 Å². The number of amides is 1. The molecule has 2 aromatic carbocycles. The van der Waals surface area contributed by atoms with Crippen molar-refractivity contribution < 1.29 is 4.79 Å². The van der Waals surface area contributed by atoms with Gasteiger partial charge < -0.3 is 10.2 Å². The molecule has 5 heteroatoms. The largest absolute Gasteiger partial charge is 0.354 e. The second kappa shape index (κ2) is 7.95. The molecule has 1 N–H and O–H groups in total. The van der Waals surface area contributed by atoms with Crippen LogP contribution in [0.15, 0.2) is 72.9 Å². The van der Waals surface area contributed by atoms with Gasteiger partial charge in [-0.25, -0.2) is 0 Å². The third-order valence-electron chi connectivity index (χ3n) is 3.91. The molecule has 3 aromatic rings. The molecule has 1 amide bonds. The molecule has 0 atom stereocenters. The van der Waals surface area contributed by atoms with Gasteiger partial charge in [0, 0.05) is 25.5 Å². The van der Waals surface area contributed by atoms with Gasteiger partial charge in [0.15, 0.2) is 0 Å². The van der Waals surface area contributed by atoms with Crippen molar-refractivity contribution in [3.8, 4) is 6.07 Å². The second-order valence-electron chi connectivity index (χ2n) is 5.86. The van der Waals surface area contributed by atoms with Crippen molar-refractivity contribution in [2.45, 2.75) is 6.54 Å². The van der Waals surface area contributed by atoms with Gasteiger partial charge in [0.05, 0.1) is 11.3 Å². The minimum Gasteiger partial charge on any atom is -0.354 e. The number of benzene rings is 2. The van der Waals surface area contributed by atoms with Crippen LogP contribution in [-0.2, 0) is 6.54 Å². The summed E-state index contributed by atoms with van der Waals surface area (Å²) in [4.78, 5) is 18.5. The third-order valence-corrected chi connectivity index (χ3v) is 3.91. The maximum atomic E-state index is 12.7. The second-order valence-corrected chi connectivity index (χ2v) is 5.86. The Morgan fingerprint density at radius 3 is 2.62 bits per heavy atom. The van der Waals surface area contributed by atoms with Crippen LogP contribution in [0.3, 0.4) is 0 Å². The number of nitrogens with one attached hydrogen (secondary N) is 1. The van der Waals surface area contributed by atoms with E-state index in [9.17, 15) is 10.1 Å². The summed E-state index contributed by atoms with van der Waals surface area (Å²) >= 11 is 0. The molecular formula is C21H18N4O. The van der Waals surface area contributed by atoms with Gasteiger partial charge in [-0.3, -0.25) is 9.78 Å². The first-order valence-corrected chi connectivity index (χ1v) is 8.19. The molecule has 0 fully saturated rings. The monoisotopic (exact) mass is 342 g/mol. The van der Waals surface area contributed by atoms with Gasteiger partial charge in [0.2, 0.25) is 0 Å². The van der Waals surface area contributed by atoms with Crippen LogP contribution in [0.4, 0.5) is 11.4 Å². The van der Waals surface area contributed by atoms with Gasteiger partial charge in [-0.15, -0.1) is 0 Å². The van der Waals surface area contributed by atoms with E-state index in [2.05, 4.69) is 16.4 Å². The van der Waals surface area contributed by atoms with Gasteiger partial charge in [-0.1, -0.05) is 42.5 Å². The number of hydrogen-bond acceptors (Lipinski definition) is 4. The van der Waals surface area contributed by atoms with E-state index in [-0.39, 0.29) is 5.91 Å². The van der Waals surface area contributed by atoms with Crippen LogP contribution in [0.25, 0.3) is 0 Å². The Morgan fingerprint density at radius 2 is 1.85 bits per heavy atom. The fourth-order valence-corrected chi connectivity index (χ4v) is 2.60. The first-order chi connectivity index (χ1) is 12.7. The molecule has 0 radical (unpaired) electrons. The van der Waals surface area contributed by atoms with E-state index in [0.29, 0.717) is 29.2 Å². The van der Waals surface area contributed by atoms with Crippen molar-refractivity contribution in [1.29, 1.82) is 5.26 Å². The summed E-state index contributed by atoms with van der Waals surface area (Å²) in [5, 5.41) is 12.4. The third kappa shape index (κ3) is 4.05. The summed E-state index contributed by atoms with van der Waals surface area (Å²) in [6.07, 6.45) is 1.58. The molecule has 128 valence electrons. The summed E-state index contributed by atoms with van der Waals surface area (Å²) in [5.41, 5.74) is 3.35. The Morgan fingerprint density at radius 1 is 1.12 bits per heavy atom. The molecule has 0 saturated heterocycles. The zero-order chi connectivity index (χ0) is 18.4. The van der Waals surface area contributed by atoms with E-state index < -0.39 is 0 Å². The van der Waals surface area contributed by atoms with E-state index in [1.54, 1.807) is 36.3 Å². The lowest BCUT2D eigenvalue weighted by Gasteiger charge is -2.17. The number of anilines is 2. The Labute approximate surface area is 152 Å². The van der Waals surface area contributed by atoms with Crippen molar-refractivity contribution >= 4 is 17.3 Å². The van der Waals surface area contributed by atoms with E-state index in [1.807, 2.05) is 48.5 Å². The van der Waals surface area contributed by atoms with E-state index in [1.165, 1.54) is 0 Å². The molecule has 0 aliphatic rings. The van der Waals surface area contributed by atoms with E-state index in [0.717, 1.165) is 5.56 Å². The van der Waals surface area contributed by atoms with Crippen LogP contribution in [-0.4, -0.2) is 22.8 Å². The van der Waals surface area contributed by atoms with Crippen LogP contribution in [0.5, 0.6) is 0 Å². The molecule has 0 saturated carbocycles. The lowest BCUT2D eigenvalue weighted by molar-refractivity contribution is 0.0779. The number of rotatable bonds is 5. The number of nitriles is 1. The Kier molecular flexibility index (Phi) is 5.25. The van der Waals surface area contributed by atoms with Crippen molar-refractivity contribution in [2.24, 2.45) is 0 Å². The zero-order valence-corrected chi connectivity index (χ0v) is 14.4. The number of hydrogen-bond donors (Lipinski definition) is 1. The highest BCUT2D eigenvalue weighted by Crippen LogP contribution is 2.20. The predicted octanol–water partition coefficient (Wildman–Crippen LogP) is 3.97. The minimum atomic E-state index is -0.161. The molecule has 0 bridgehead atoms. The molecule has 26 heavy (non-hydrogen) atoms. The van der Waals surface area contributed by atoms with Crippen LogP contribution in [0.1, 0.15) is 21.6 Å². The highest BCUT2D eigenvalue weighted by Gasteiger charge is 2.14. The Bertz CT molecular complexity index is 947. The summed E-state index contributed by atoms with van der Waals surface area (Å²) in [5.74, 6) is -0.161. The lowest BCUT2D eigenvalue weighted by atomic mass is 10.2. The fraction of sp³-hybridized carbons (Fsp3) is 0.0952. The molecule has 5 nitrogen and oxygen atoms in total. The summed E-state index contributed by atoms with van der Waals surface area (Å²) in [6, 6.07) is 22.6. The number of carbonyl (C=O) groups excluding carboxylic acids is 1.